The van der Waals surface area contributed by atoms with Gasteiger partial charge in [0.1, 0.15) is 6.07 Å². The fourth-order valence-corrected chi connectivity index (χ4v) is 2.51. The molecule has 90 valence electrons. The number of nitrogens with zero attached hydrogens (tertiary/aromatic N) is 1. The minimum absolute atomic E-state index is 0.380. The Morgan fingerprint density at radius 2 is 2.35 bits per heavy atom. The van der Waals surface area contributed by atoms with Crippen molar-refractivity contribution in [3.8, 4) is 6.07 Å². The number of nitrogens with one attached hydrogen (secondary N) is 1. The van der Waals surface area contributed by atoms with Crippen molar-refractivity contribution in [2.24, 2.45) is 5.92 Å². The number of benzene rings is 1. The lowest BCUT2D eigenvalue weighted by Gasteiger charge is -2.30. The second-order valence-corrected chi connectivity index (χ2v) is 5.22. The summed E-state index contributed by atoms with van der Waals surface area (Å²) in [5, 5.41) is 12.6. The zero-order valence-electron chi connectivity index (χ0n) is 9.74. The average Bonchev–Trinajstić information content (AvgIpc) is 2.32. The third-order valence-corrected chi connectivity index (χ3v) is 3.77. The van der Waals surface area contributed by atoms with Gasteiger partial charge < -0.3 is 10.1 Å². The zero-order valence-corrected chi connectivity index (χ0v) is 11.3. The quantitative estimate of drug-likeness (QED) is 0.911. The van der Waals surface area contributed by atoms with E-state index >= 15 is 0 Å². The lowest BCUT2D eigenvalue weighted by Crippen LogP contribution is -2.36. The molecule has 1 fully saturated rings. The molecule has 2 unspecified atom stereocenters. The van der Waals surface area contributed by atoms with Crippen LogP contribution in [0.15, 0.2) is 22.7 Å². The first-order valence-corrected chi connectivity index (χ1v) is 6.54. The van der Waals surface area contributed by atoms with Crippen LogP contribution in [-0.2, 0) is 4.74 Å². The third kappa shape index (κ3) is 2.80. The van der Waals surface area contributed by atoms with Crippen molar-refractivity contribution < 1.29 is 4.74 Å². The molecule has 2 rings (SSSR count). The van der Waals surface area contributed by atoms with Crippen LogP contribution < -0.4 is 5.32 Å². The first kappa shape index (κ1) is 12.4. The molecule has 3 nitrogen and oxygen atoms in total. The maximum Gasteiger partial charge on any atom is 0.103 e. The number of ether oxygens (including phenoxy) is 1. The molecule has 0 aliphatic carbocycles. The van der Waals surface area contributed by atoms with Gasteiger partial charge in [0.2, 0.25) is 0 Å². The largest absolute Gasteiger partial charge is 0.381 e. The standard InChI is InChI=1S/C13H15BrN2O/c1-9-8-17-6-5-12(9)16-13-4-2-3-11(14)10(13)7-15/h2-4,9,12,16H,5-6,8H2,1H3. The van der Waals surface area contributed by atoms with Gasteiger partial charge in [-0.2, -0.15) is 5.26 Å². The Kier molecular flexibility index (Phi) is 4.03. The SMILES string of the molecule is CC1COCCC1Nc1cccc(Br)c1C#N. The second-order valence-electron chi connectivity index (χ2n) is 4.37. The van der Waals surface area contributed by atoms with Gasteiger partial charge in [0.15, 0.2) is 0 Å². The van der Waals surface area contributed by atoms with Crippen LogP contribution in [0, 0.1) is 17.2 Å². The van der Waals surface area contributed by atoms with Gasteiger partial charge >= 0.3 is 0 Å². The van der Waals surface area contributed by atoms with Gasteiger partial charge in [-0.1, -0.05) is 13.0 Å². The monoisotopic (exact) mass is 294 g/mol. The fraction of sp³-hybridized carbons (Fsp3) is 0.462. The van der Waals surface area contributed by atoms with Gasteiger partial charge in [0.05, 0.1) is 17.9 Å². The van der Waals surface area contributed by atoms with E-state index in [-0.39, 0.29) is 0 Å². The third-order valence-electron chi connectivity index (χ3n) is 3.11. The lowest BCUT2D eigenvalue weighted by atomic mass is 9.97. The Hall–Kier alpha value is -1.05. The molecule has 0 bridgehead atoms. The number of halogens is 1. The van der Waals surface area contributed by atoms with Crippen LogP contribution in [0.1, 0.15) is 18.9 Å². The number of hydrogen-bond donors (Lipinski definition) is 1. The topological polar surface area (TPSA) is 45.0 Å². The molecule has 17 heavy (non-hydrogen) atoms. The van der Waals surface area contributed by atoms with Gasteiger partial charge in [-0.05, 0) is 40.4 Å². The van der Waals surface area contributed by atoms with Gasteiger partial charge in [-0.25, -0.2) is 0 Å². The predicted octanol–water partition coefficient (Wildman–Crippen LogP) is 3.16. The summed E-state index contributed by atoms with van der Waals surface area (Å²) in [4.78, 5) is 0. The van der Waals surface area contributed by atoms with E-state index in [0.717, 1.165) is 29.8 Å². The van der Waals surface area contributed by atoms with E-state index in [9.17, 15) is 0 Å². The number of hydrogen-bond acceptors (Lipinski definition) is 3. The summed E-state index contributed by atoms with van der Waals surface area (Å²) in [6.07, 6.45) is 0.985. The molecule has 1 heterocycles. The molecule has 0 spiro atoms. The lowest BCUT2D eigenvalue weighted by molar-refractivity contribution is 0.0537. The molecule has 2 atom stereocenters. The highest BCUT2D eigenvalue weighted by atomic mass is 79.9. The van der Waals surface area contributed by atoms with Gasteiger partial charge in [0, 0.05) is 17.1 Å². The zero-order chi connectivity index (χ0) is 12.3. The number of rotatable bonds is 2. The summed E-state index contributed by atoms with van der Waals surface area (Å²) < 4.78 is 6.25. The van der Waals surface area contributed by atoms with Crippen molar-refractivity contribution in [2.45, 2.75) is 19.4 Å². The molecule has 0 amide bonds. The van der Waals surface area contributed by atoms with E-state index in [4.69, 9.17) is 10.00 Å². The van der Waals surface area contributed by atoms with E-state index in [1.165, 1.54) is 0 Å². The Bertz CT molecular complexity index is 442. The summed E-state index contributed by atoms with van der Waals surface area (Å²) >= 11 is 3.40. The van der Waals surface area contributed by atoms with Gasteiger partial charge in [-0.3, -0.25) is 0 Å². The molecule has 1 saturated heterocycles. The normalized spacial score (nSPS) is 24.1. The van der Waals surface area contributed by atoms with Crippen LogP contribution in [-0.4, -0.2) is 19.3 Å². The highest BCUT2D eigenvalue weighted by Gasteiger charge is 2.22. The first-order valence-electron chi connectivity index (χ1n) is 5.75. The van der Waals surface area contributed by atoms with Crippen LogP contribution in [0.25, 0.3) is 0 Å². The predicted molar refractivity (Wildman–Crippen MR) is 70.9 cm³/mol. The van der Waals surface area contributed by atoms with Crippen molar-refractivity contribution in [1.82, 2.24) is 0 Å². The minimum Gasteiger partial charge on any atom is -0.381 e. The fourth-order valence-electron chi connectivity index (χ4n) is 2.05. The smallest absolute Gasteiger partial charge is 0.103 e. The number of nitriles is 1. The van der Waals surface area contributed by atoms with E-state index in [2.05, 4.69) is 34.2 Å². The second kappa shape index (κ2) is 5.52. The van der Waals surface area contributed by atoms with Crippen molar-refractivity contribution in [3.63, 3.8) is 0 Å². The highest BCUT2D eigenvalue weighted by molar-refractivity contribution is 9.10. The molecular weight excluding hydrogens is 280 g/mol. The van der Waals surface area contributed by atoms with E-state index < -0.39 is 0 Å². The van der Waals surface area contributed by atoms with Crippen molar-refractivity contribution in [3.05, 3.63) is 28.2 Å². The van der Waals surface area contributed by atoms with Crippen LogP contribution in [0.5, 0.6) is 0 Å². The Morgan fingerprint density at radius 1 is 1.53 bits per heavy atom. The molecule has 0 aromatic heterocycles. The Balaban J connectivity index is 2.18. The number of anilines is 1. The van der Waals surface area contributed by atoms with Crippen LogP contribution in [0.2, 0.25) is 0 Å². The summed E-state index contributed by atoms with van der Waals surface area (Å²) in [6, 6.07) is 8.39. The van der Waals surface area contributed by atoms with Gasteiger partial charge in [-0.15, -0.1) is 0 Å². The first-order chi connectivity index (χ1) is 8.22. The average molecular weight is 295 g/mol. The Labute approximate surface area is 110 Å². The van der Waals surface area contributed by atoms with Crippen molar-refractivity contribution >= 4 is 21.6 Å². The summed E-state index contributed by atoms with van der Waals surface area (Å²) in [5.74, 6) is 0.467. The van der Waals surface area contributed by atoms with Crippen LogP contribution in [0.4, 0.5) is 5.69 Å². The summed E-state index contributed by atoms with van der Waals surface area (Å²) in [6.45, 7) is 3.74. The van der Waals surface area contributed by atoms with E-state index in [0.29, 0.717) is 17.5 Å². The molecule has 1 N–H and O–H groups in total. The van der Waals surface area contributed by atoms with Crippen molar-refractivity contribution in [2.75, 3.05) is 18.5 Å². The molecule has 4 heteroatoms. The van der Waals surface area contributed by atoms with E-state index in [1.54, 1.807) is 0 Å². The maximum atomic E-state index is 9.15. The molecule has 1 aromatic carbocycles. The molecule has 1 aliphatic heterocycles. The van der Waals surface area contributed by atoms with Crippen molar-refractivity contribution in [1.29, 1.82) is 5.26 Å². The molecular formula is C13H15BrN2O. The summed E-state index contributed by atoms with van der Waals surface area (Å²) in [5.41, 5.74) is 1.58. The minimum atomic E-state index is 0.380. The van der Waals surface area contributed by atoms with E-state index in [1.807, 2.05) is 18.2 Å². The summed E-state index contributed by atoms with van der Waals surface area (Å²) in [7, 11) is 0. The maximum absolute atomic E-state index is 9.15. The molecule has 0 radical (unpaired) electrons. The Morgan fingerprint density at radius 3 is 3.06 bits per heavy atom. The molecule has 1 aliphatic rings. The van der Waals surface area contributed by atoms with Crippen LogP contribution >= 0.6 is 15.9 Å². The van der Waals surface area contributed by atoms with Gasteiger partial charge in [0.25, 0.3) is 0 Å². The highest BCUT2D eigenvalue weighted by Crippen LogP contribution is 2.27. The van der Waals surface area contributed by atoms with Crippen LogP contribution in [0.3, 0.4) is 0 Å². The molecule has 1 aromatic rings. The molecule has 0 saturated carbocycles.